The van der Waals surface area contributed by atoms with Crippen molar-refractivity contribution in [1.29, 1.82) is 0 Å². The number of ketones is 1. The highest BCUT2D eigenvalue weighted by Crippen LogP contribution is 2.41. The summed E-state index contributed by atoms with van der Waals surface area (Å²) in [5.74, 6) is 2.00. The molecule has 0 bridgehead atoms. The van der Waals surface area contributed by atoms with Crippen LogP contribution in [0.25, 0.3) is 0 Å². The Morgan fingerprint density at radius 3 is 3.00 bits per heavy atom. The predicted octanol–water partition coefficient (Wildman–Crippen LogP) is 2.47. The van der Waals surface area contributed by atoms with E-state index in [4.69, 9.17) is 4.74 Å². The highest BCUT2D eigenvalue weighted by atomic mass is 32.2. The van der Waals surface area contributed by atoms with Crippen LogP contribution < -0.4 is 4.74 Å². The molecule has 0 fully saturated rings. The highest BCUT2D eigenvalue weighted by molar-refractivity contribution is 7.99. The van der Waals surface area contributed by atoms with E-state index in [0.717, 1.165) is 17.1 Å². The lowest BCUT2D eigenvalue weighted by atomic mass is 9.98. The van der Waals surface area contributed by atoms with Crippen LogP contribution in [0.15, 0.2) is 23.1 Å². The van der Waals surface area contributed by atoms with Crippen LogP contribution in [-0.2, 0) is 4.79 Å². The molecule has 1 aromatic rings. The summed E-state index contributed by atoms with van der Waals surface area (Å²) in [4.78, 5) is 12.6. The van der Waals surface area contributed by atoms with Crippen LogP contribution in [0.1, 0.15) is 18.4 Å². The summed E-state index contributed by atoms with van der Waals surface area (Å²) in [5, 5.41) is 0. The van der Waals surface area contributed by atoms with Gasteiger partial charge in [0.2, 0.25) is 0 Å². The number of fused-ring (bicyclic) bond motifs is 1. The average molecular weight is 208 g/mol. The van der Waals surface area contributed by atoms with Crippen molar-refractivity contribution in [3.63, 3.8) is 0 Å². The van der Waals surface area contributed by atoms with Gasteiger partial charge in [0.05, 0.1) is 13.0 Å². The molecule has 2 rings (SSSR count). The second kappa shape index (κ2) is 3.65. The fourth-order valence-corrected chi connectivity index (χ4v) is 2.95. The molecule has 1 aliphatic heterocycles. The smallest absolute Gasteiger partial charge is 0.138 e. The van der Waals surface area contributed by atoms with Crippen LogP contribution in [0, 0.1) is 0 Å². The van der Waals surface area contributed by atoms with Crippen molar-refractivity contribution in [1.82, 2.24) is 0 Å². The molecule has 74 valence electrons. The van der Waals surface area contributed by atoms with Gasteiger partial charge in [0, 0.05) is 10.6 Å². The van der Waals surface area contributed by atoms with E-state index in [2.05, 4.69) is 0 Å². The van der Waals surface area contributed by atoms with Crippen molar-refractivity contribution >= 4 is 17.5 Å². The molecule has 0 N–H and O–H groups in total. The minimum Gasteiger partial charge on any atom is -0.497 e. The van der Waals surface area contributed by atoms with E-state index in [9.17, 15) is 4.79 Å². The van der Waals surface area contributed by atoms with Crippen LogP contribution in [0.2, 0.25) is 0 Å². The molecule has 1 heterocycles. The fourth-order valence-electron chi connectivity index (χ4n) is 1.66. The average Bonchev–Trinajstić information content (AvgIpc) is 2.59. The molecular formula is C11H12O2S. The second-order valence-corrected chi connectivity index (χ2v) is 4.44. The Morgan fingerprint density at radius 2 is 2.36 bits per heavy atom. The monoisotopic (exact) mass is 208 g/mol. The summed E-state index contributed by atoms with van der Waals surface area (Å²) in [5.41, 5.74) is 1.13. The zero-order chi connectivity index (χ0) is 10.1. The van der Waals surface area contributed by atoms with Crippen LogP contribution in [0.4, 0.5) is 0 Å². The lowest BCUT2D eigenvalue weighted by Gasteiger charge is -2.07. The van der Waals surface area contributed by atoms with Gasteiger partial charge in [0.15, 0.2) is 0 Å². The summed E-state index contributed by atoms with van der Waals surface area (Å²) in [7, 11) is 1.65. The Morgan fingerprint density at radius 1 is 1.57 bits per heavy atom. The van der Waals surface area contributed by atoms with Crippen molar-refractivity contribution in [2.75, 3.05) is 12.9 Å². The molecule has 14 heavy (non-hydrogen) atoms. The van der Waals surface area contributed by atoms with Crippen LogP contribution >= 0.6 is 11.8 Å². The van der Waals surface area contributed by atoms with Gasteiger partial charge >= 0.3 is 0 Å². The first-order valence-corrected chi connectivity index (χ1v) is 5.52. The summed E-state index contributed by atoms with van der Waals surface area (Å²) in [6, 6.07) is 5.94. The number of thioether (sulfide) groups is 1. The van der Waals surface area contributed by atoms with E-state index in [1.807, 2.05) is 18.2 Å². The van der Waals surface area contributed by atoms with Crippen molar-refractivity contribution in [2.24, 2.45) is 0 Å². The molecule has 0 saturated heterocycles. The molecule has 3 heteroatoms. The topological polar surface area (TPSA) is 26.3 Å². The summed E-state index contributed by atoms with van der Waals surface area (Å²) in [6.45, 7) is 1.65. The molecule has 2 nitrogen and oxygen atoms in total. The van der Waals surface area contributed by atoms with Gasteiger partial charge in [-0.05, 0) is 30.7 Å². The van der Waals surface area contributed by atoms with E-state index in [1.165, 1.54) is 4.90 Å². The molecule has 1 aliphatic rings. The van der Waals surface area contributed by atoms with E-state index in [1.54, 1.807) is 25.8 Å². The van der Waals surface area contributed by atoms with Crippen LogP contribution in [-0.4, -0.2) is 18.6 Å². The third kappa shape index (κ3) is 1.52. The Hall–Kier alpha value is -0.960. The number of ether oxygens (including phenoxy) is 1. The number of carbonyl (C=O) groups is 1. The Balaban J connectivity index is 2.41. The molecule has 1 unspecified atom stereocenters. The number of benzene rings is 1. The fraction of sp³-hybridized carbons (Fsp3) is 0.364. The first-order valence-electron chi connectivity index (χ1n) is 4.53. The van der Waals surface area contributed by atoms with Gasteiger partial charge in [0.1, 0.15) is 11.5 Å². The Labute approximate surface area is 87.6 Å². The molecule has 0 amide bonds. The first-order chi connectivity index (χ1) is 6.72. The summed E-state index contributed by atoms with van der Waals surface area (Å²) >= 11 is 1.75. The maximum Gasteiger partial charge on any atom is 0.138 e. The van der Waals surface area contributed by atoms with Crippen molar-refractivity contribution < 1.29 is 9.53 Å². The van der Waals surface area contributed by atoms with E-state index in [0.29, 0.717) is 0 Å². The lowest BCUT2D eigenvalue weighted by molar-refractivity contribution is -0.117. The van der Waals surface area contributed by atoms with E-state index < -0.39 is 0 Å². The van der Waals surface area contributed by atoms with Gasteiger partial charge in [-0.25, -0.2) is 0 Å². The molecule has 0 aromatic heterocycles. The van der Waals surface area contributed by atoms with E-state index >= 15 is 0 Å². The lowest BCUT2D eigenvalue weighted by Crippen LogP contribution is -2.07. The Kier molecular flexibility index (Phi) is 2.50. The SMILES string of the molecule is COc1ccc2c(c1)C(C(C)=O)CS2. The summed E-state index contributed by atoms with van der Waals surface area (Å²) < 4.78 is 5.15. The molecule has 1 atom stereocenters. The molecule has 0 saturated carbocycles. The first kappa shape index (κ1) is 9.59. The maximum absolute atomic E-state index is 11.4. The quantitative estimate of drug-likeness (QED) is 0.747. The zero-order valence-corrected chi connectivity index (χ0v) is 9.06. The van der Waals surface area contributed by atoms with Gasteiger partial charge < -0.3 is 4.74 Å². The van der Waals surface area contributed by atoms with Gasteiger partial charge in [-0.1, -0.05) is 0 Å². The molecule has 0 aliphatic carbocycles. The van der Waals surface area contributed by atoms with Gasteiger partial charge in [-0.15, -0.1) is 11.8 Å². The summed E-state index contributed by atoms with van der Waals surface area (Å²) in [6.07, 6.45) is 0. The largest absolute Gasteiger partial charge is 0.497 e. The number of hydrogen-bond acceptors (Lipinski definition) is 3. The van der Waals surface area contributed by atoms with Crippen molar-refractivity contribution in [3.8, 4) is 5.75 Å². The number of carbonyl (C=O) groups excluding carboxylic acids is 1. The number of methoxy groups -OCH3 is 1. The minimum absolute atomic E-state index is 0.0603. The molecule has 0 radical (unpaired) electrons. The van der Waals surface area contributed by atoms with Crippen LogP contribution in [0.3, 0.4) is 0 Å². The maximum atomic E-state index is 11.4. The standard InChI is InChI=1S/C11H12O2S/c1-7(12)10-6-14-11-4-3-8(13-2)5-9(10)11/h3-5,10H,6H2,1-2H3. The third-order valence-corrected chi connectivity index (χ3v) is 3.67. The molecule has 1 aromatic carbocycles. The zero-order valence-electron chi connectivity index (χ0n) is 8.24. The van der Waals surface area contributed by atoms with Crippen LogP contribution in [0.5, 0.6) is 5.75 Å². The molecule has 0 spiro atoms. The minimum atomic E-state index is 0.0603. The predicted molar refractivity (Wildman–Crippen MR) is 57.1 cm³/mol. The third-order valence-electron chi connectivity index (χ3n) is 2.49. The second-order valence-electron chi connectivity index (χ2n) is 3.38. The molecular weight excluding hydrogens is 196 g/mol. The number of hydrogen-bond donors (Lipinski definition) is 0. The van der Waals surface area contributed by atoms with Gasteiger partial charge in [0.25, 0.3) is 0 Å². The highest BCUT2D eigenvalue weighted by Gasteiger charge is 2.26. The van der Waals surface area contributed by atoms with E-state index in [-0.39, 0.29) is 11.7 Å². The number of rotatable bonds is 2. The normalized spacial score (nSPS) is 19.1. The Bertz CT molecular complexity index is 374. The van der Waals surface area contributed by atoms with Crippen molar-refractivity contribution in [2.45, 2.75) is 17.7 Å². The van der Waals surface area contributed by atoms with Gasteiger partial charge in [-0.3, -0.25) is 4.79 Å². The van der Waals surface area contributed by atoms with Crippen molar-refractivity contribution in [3.05, 3.63) is 23.8 Å². The number of Topliss-reactive ketones (excluding diaryl/α,β-unsaturated/α-hetero) is 1. The van der Waals surface area contributed by atoms with Gasteiger partial charge in [-0.2, -0.15) is 0 Å².